The molecule has 1 atom stereocenters. The first-order valence-electron chi connectivity index (χ1n) is 8.75. The first-order chi connectivity index (χ1) is 12.9. The highest BCUT2D eigenvalue weighted by Gasteiger charge is 2.17. The summed E-state index contributed by atoms with van der Waals surface area (Å²) in [6.07, 6.45) is 4.27. The number of sulfonamides is 1. The van der Waals surface area contributed by atoms with E-state index in [1.807, 2.05) is 25.1 Å². The molecule has 2 aromatic carbocycles. The Morgan fingerprint density at radius 2 is 1.82 bits per heavy atom. The molecule has 0 radical (unpaired) electrons. The summed E-state index contributed by atoms with van der Waals surface area (Å²) in [6, 6.07) is 14.8. The Morgan fingerprint density at radius 1 is 1.07 bits per heavy atom. The van der Waals surface area contributed by atoms with Gasteiger partial charge in [0, 0.05) is 34.8 Å². The van der Waals surface area contributed by atoms with E-state index < -0.39 is 10.0 Å². The van der Waals surface area contributed by atoms with Crippen LogP contribution < -0.4 is 10.0 Å². The van der Waals surface area contributed by atoms with Crippen LogP contribution in [-0.2, 0) is 16.4 Å². The van der Waals surface area contributed by atoms with Gasteiger partial charge < -0.3 is 5.32 Å². The highest BCUT2D eigenvalue weighted by atomic mass is 79.9. The molecule has 1 unspecified atom stereocenters. The van der Waals surface area contributed by atoms with Crippen molar-refractivity contribution in [2.75, 3.05) is 13.1 Å². The van der Waals surface area contributed by atoms with E-state index in [0.29, 0.717) is 6.54 Å². The quantitative estimate of drug-likeness (QED) is 0.476. The van der Waals surface area contributed by atoms with Crippen molar-refractivity contribution in [2.45, 2.75) is 24.3 Å². The molecule has 0 aliphatic rings. The zero-order chi connectivity index (χ0) is 19.3. The van der Waals surface area contributed by atoms with Gasteiger partial charge in [-0.05, 0) is 61.2 Å². The molecule has 28 heavy (non-hydrogen) atoms. The SMILES string of the molecule is CC(CNCCc1ccc(Br)cc1)NS(=O)(=O)c1ccc2cnccc2c1.Cl. The zero-order valence-electron chi connectivity index (χ0n) is 15.4. The predicted octanol–water partition coefficient (Wildman–Crippen LogP) is 3.92. The number of hydrogen-bond donors (Lipinski definition) is 2. The molecule has 8 heteroatoms. The average Bonchev–Trinajstić information content (AvgIpc) is 2.66. The largest absolute Gasteiger partial charge is 0.315 e. The summed E-state index contributed by atoms with van der Waals surface area (Å²) in [4.78, 5) is 4.31. The van der Waals surface area contributed by atoms with Crippen LogP contribution in [0.15, 0.2) is 70.3 Å². The summed E-state index contributed by atoms with van der Waals surface area (Å²) < 4.78 is 29.0. The fourth-order valence-corrected chi connectivity index (χ4v) is 4.35. The Kier molecular flexibility index (Phi) is 8.39. The van der Waals surface area contributed by atoms with E-state index in [1.54, 1.807) is 30.6 Å². The number of benzene rings is 2. The topological polar surface area (TPSA) is 71.1 Å². The lowest BCUT2D eigenvalue weighted by Crippen LogP contribution is -2.40. The first kappa shape index (κ1) is 22.8. The van der Waals surface area contributed by atoms with Gasteiger partial charge in [0.15, 0.2) is 0 Å². The molecule has 0 saturated carbocycles. The van der Waals surface area contributed by atoms with E-state index in [-0.39, 0.29) is 23.3 Å². The Morgan fingerprint density at radius 3 is 2.57 bits per heavy atom. The molecule has 3 rings (SSSR count). The van der Waals surface area contributed by atoms with E-state index in [4.69, 9.17) is 0 Å². The van der Waals surface area contributed by atoms with Crippen molar-refractivity contribution < 1.29 is 8.42 Å². The second-order valence-corrected chi connectivity index (χ2v) is 9.12. The van der Waals surface area contributed by atoms with Crippen molar-refractivity contribution in [3.63, 3.8) is 0 Å². The average molecular weight is 485 g/mol. The van der Waals surface area contributed by atoms with Crippen LogP contribution in [-0.4, -0.2) is 32.5 Å². The van der Waals surface area contributed by atoms with Crippen molar-refractivity contribution >= 4 is 49.1 Å². The predicted molar refractivity (Wildman–Crippen MR) is 119 cm³/mol. The molecule has 0 spiro atoms. The number of pyridine rings is 1. The summed E-state index contributed by atoms with van der Waals surface area (Å²) >= 11 is 3.42. The molecule has 0 fully saturated rings. The van der Waals surface area contributed by atoms with E-state index in [9.17, 15) is 8.42 Å². The maximum absolute atomic E-state index is 12.6. The van der Waals surface area contributed by atoms with Crippen LogP contribution in [0, 0.1) is 0 Å². The van der Waals surface area contributed by atoms with Crippen LogP contribution in [0.4, 0.5) is 0 Å². The maximum Gasteiger partial charge on any atom is 0.240 e. The third-order valence-electron chi connectivity index (χ3n) is 4.23. The molecule has 1 heterocycles. The summed E-state index contributed by atoms with van der Waals surface area (Å²) in [5.74, 6) is 0. The smallest absolute Gasteiger partial charge is 0.240 e. The van der Waals surface area contributed by atoms with E-state index in [0.717, 1.165) is 28.2 Å². The maximum atomic E-state index is 12.6. The second kappa shape index (κ2) is 10.3. The number of aromatic nitrogens is 1. The van der Waals surface area contributed by atoms with Crippen molar-refractivity contribution in [2.24, 2.45) is 0 Å². The van der Waals surface area contributed by atoms with Crippen LogP contribution in [0.1, 0.15) is 12.5 Å². The minimum atomic E-state index is -3.56. The first-order valence-corrected chi connectivity index (χ1v) is 11.0. The summed E-state index contributed by atoms with van der Waals surface area (Å²) in [7, 11) is -3.56. The Hall–Kier alpha value is -1.51. The van der Waals surface area contributed by atoms with Gasteiger partial charge in [-0.1, -0.05) is 34.1 Å². The van der Waals surface area contributed by atoms with Gasteiger partial charge in [0.2, 0.25) is 10.0 Å². The highest BCUT2D eigenvalue weighted by molar-refractivity contribution is 9.10. The van der Waals surface area contributed by atoms with Crippen LogP contribution in [0.2, 0.25) is 0 Å². The Bertz CT molecular complexity index is 1010. The van der Waals surface area contributed by atoms with Crippen molar-refractivity contribution in [3.05, 3.63) is 71.0 Å². The van der Waals surface area contributed by atoms with E-state index in [2.05, 4.69) is 43.1 Å². The zero-order valence-corrected chi connectivity index (χ0v) is 18.6. The molecule has 0 aliphatic heterocycles. The monoisotopic (exact) mass is 483 g/mol. The summed E-state index contributed by atoms with van der Waals surface area (Å²) in [5, 5.41) is 5.08. The van der Waals surface area contributed by atoms with Crippen molar-refractivity contribution in [1.29, 1.82) is 0 Å². The minimum Gasteiger partial charge on any atom is -0.315 e. The third kappa shape index (κ3) is 6.25. The number of fused-ring (bicyclic) bond motifs is 1. The number of hydrogen-bond acceptors (Lipinski definition) is 4. The number of nitrogens with one attached hydrogen (secondary N) is 2. The standard InChI is InChI=1S/C20H22BrN3O2S.ClH/c1-15(13-22-10-8-16-2-5-19(21)6-3-16)24-27(25,26)20-7-4-18-14-23-11-9-17(18)12-20;/h2-7,9,11-12,14-15,22,24H,8,10,13H2,1H3;1H. The number of halogens is 2. The van der Waals surface area contributed by atoms with Crippen LogP contribution in [0.5, 0.6) is 0 Å². The molecule has 150 valence electrons. The number of rotatable bonds is 8. The van der Waals surface area contributed by atoms with Gasteiger partial charge in [-0.3, -0.25) is 4.98 Å². The van der Waals surface area contributed by atoms with Gasteiger partial charge in [0.25, 0.3) is 0 Å². The normalized spacial score (nSPS) is 12.5. The fourth-order valence-electron chi connectivity index (χ4n) is 2.81. The fraction of sp³-hybridized carbons (Fsp3) is 0.250. The molecule has 0 saturated heterocycles. The lowest BCUT2D eigenvalue weighted by atomic mass is 10.1. The highest BCUT2D eigenvalue weighted by Crippen LogP contribution is 2.18. The number of nitrogens with zero attached hydrogens (tertiary/aromatic N) is 1. The molecule has 0 bridgehead atoms. The van der Waals surface area contributed by atoms with E-state index in [1.165, 1.54) is 5.56 Å². The molecule has 2 N–H and O–H groups in total. The van der Waals surface area contributed by atoms with Gasteiger partial charge in [0.05, 0.1) is 4.90 Å². The van der Waals surface area contributed by atoms with Gasteiger partial charge in [-0.15, -0.1) is 12.4 Å². The van der Waals surface area contributed by atoms with Crippen LogP contribution in [0.3, 0.4) is 0 Å². The molecule has 3 aromatic rings. The van der Waals surface area contributed by atoms with Crippen LogP contribution >= 0.6 is 28.3 Å². The van der Waals surface area contributed by atoms with Crippen molar-refractivity contribution in [3.8, 4) is 0 Å². The van der Waals surface area contributed by atoms with Gasteiger partial charge in [-0.2, -0.15) is 0 Å². The van der Waals surface area contributed by atoms with Crippen LogP contribution in [0.25, 0.3) is 10.8 Å². The second-order valence-electron chi connectivity index (χ2n) is 6.49. The Labute approximate surface area is 180 Å². The molecule has 0 amide bonds. The Balaban J connectivity index is 0.00000280. The van der Waals surface area contributed by atoms with Gasteiger partial charge >= 0.3 is 0 Å². The minimum absolute atomic E-state index is 0. The van der Waals surface area contributed by atoms with E-state index >= 15 is 0 Å². The third-order valence-corrected chi connectivity index (χ3v) is 6.35. The summed E-state index contributed by atoms with van der Waals surface area (Å²) in [6.45, 7) is 3.21. The molecular weight excluding hydrogens is 462 g/mol. The molecular formula is C20H23BrClN3O2S. The lowest BCUT2D eigenvalue weighted by molar-refractivity contribution is 0.537. The lowest BCUT2D eigenvalue weighted by Gasteiger charge is -2.15. The van der Waals surface area contributed by atoms with Gasteiger partial charge in [0.1, 0.15) is 0 Å². The van der Waals surface area contributed by atoms with Crippen molar-refractivity contribution in [1.82, 2.24) is 15.0 Å². The molecule has 1 aromatic heterocycles. The summed E-state index contributed by atoms with van der Waals surface area (Å²) in [5.41, 5.74) is 1.24. The molecule has 5 nitrogen and oxygen atoms in total. The molecule has 0 aliphatic carbocycles. The van der Waals surface area contributed by atoms with Gasteiger partial charge in [-0.25, -0.2) is 13.1 Å².